The number of nitrogens with one attached hydrogen (secondary N) is 1. The third-order valence-electron chi connectivity index (χ3n) is 8.60. The van der Waals surface area contributed by atoms with Crippen molar-refractivity contribution >= 4 is 11.6 Å². The van der Waals surface area contributed by atoms with Gasteiger partial charge in [-0.1, -0.05) is 52.7 Å². The highest BCUT2D eigenvalue weighted by Gasteiger charge is 2.61. The average Bonchev–Trinajstić information content (AvgIpc) is 3.29. The molecule has 0 saturated heterocycles. The van der Waals surface area contributed by atoms with E-state index in [2.05, 4.69) is 33.0 Å². The van der Waals surface area contributed by atoms with Crippen LogP contribution < -0.4 is 5.32 Å². The zero-order chi connectivity index (χ0) is 21.5. The number of hydrazone groups is 1. The second-order valence-corrected chi connectivity index (χ2v) is 10.3. The van der Waals surface area contributed by atoms with Crippen LogP contribution in [0.4, 0.5) is 4.39 Å². The molecule has 1 amide bonds. The summed E-state index contributed by atoms with van der Waals surface area (Å²) in [4.78, 5) is 13.2. The van der Waals surface area contributed by atoms with Gasteiger partial charge in [-0.2, -0.15) is 5.10 Å². The van der Waals surface area contributed by atoms with Gasteiger partial charge >= 0.3 is 0 Å². The zero-order valence-corrected chi connectivity index (χ0v) is 18.9. The van der Waals surface area contributed by atoms with Crippen molar-refractivity contribution in [3.8, 4) is 0 Å². The summed E-state index contributed by atoms with van der Waals surface area (Å²) in [6, 6.07) is 6.87. The highest BCUT2D eigenvalue weighted by molar-refractivity contribution is 6.39. The monoisotopic (exact) mass is 413 g/mol. The number of carbonyl (C=O) groups is 1. The standard InChI is InChI=1S/C25H36FN3O/c1-5-6-7-14-29-21(17-8-10-19(26)11-9-17)16-20(28-29)23(30)27-22-15-18-12-13-25(22,4)24(18,2)3/h8-11,18,21-22H,5-7,12-16H2,1-4H3,(H,27,30)/t18-,21?,22+,25+/m1/s1. The van der Waals surface area contributed by atoms with Gasteiger partial charge < -0.3 is 5.32 Å². The number of halogens is 1. The normalized spacial score (nSPS) is 31.8. The van der Waals surface area contributed by atoms with E-state index < -0.39 is 0 Å². The Morgan fingerprint density at radius 2 is 1.97 bits per heavy atom. The van der Waals surface area contributed by atoms with Crippen LogP contribution in [-0.4, -0.2) is 29.2 Å². The Morgan fingerprint density at radius 1 is 1.23 bits per heavy atom. The van der Waals surface area contributed by atoms with Crippen LogP contribution in [0.15, 0.2) is 29.4 Å². The van der Waals surface area contributed by atoms with E-state index >= 15 is 0 Å². The molecule has 2 saturated carbocycles. The summed E-state index contributed by atoms with van der Waals surface area (Å²) >= 11 is 0. The quantitative estimate of drug-likeness (QED) is 0.604. The Labute approximate surface area is 180 Å². The van der Waals surface area contributed by atoms with E-state index in [1.54, 1.807) is 0 Å². The molecule has 1 aromatic rings. The van der Waals surface area contributed by atoms with Gasteiger partial charge in [0.05, 0.1) is 6.04 Å². The lowest BCUT2D eigenvalue weighted by atomic mass is 9.69. The molecule has 0 radical (unpaired) electrons. The molecule has 1 aromatic carbocycles. The zero-order valence-electron chi connectivity index (χ0n) is 18.9. The van der Waals surface area contributed by atoms with E-state index in [1.165, 1.54) is 25.0 Å². The predicted molar refractivity (Wildman–Crippen MR) is 119 cm³/mol. The number of unbranched alkanes of at least 4 members (excludes halogenated alkanes) is 2. The number of rotatable bonds is 7. The molecule has 1 heterocycles. The maximum atomic E-state index is 13.4. The summed E-state index contributed by atoms with van der Waals surface area (Å²) < 4.78 is 13.4. The first-order chi connectivity index (χ1) is 14.3. The molecule has 2 fully saturated rings. The summed E-state index contributed by atoms with van der Waals surface area (Å²) in [5.74, 6) is 0.436. The third-order valence-corrected chi connectivity index (χ3v) is 8.60. The summed E-state index contributed by atoms with van der Waals surface area (Å²) in [6.45, 7) is 10.1. The molecular formula is C25H36FN3O. The Morgan fingerprint density at radius 3 is 2.57 bits per heavy atom. The number of fused-ring (bicyclic) bond motifs is 2. The minimum absolute atomic E-state index is 0.00950. The van der Waals surface area contributed by atoms with Gasteiger partial charge in [-0.3, -0.25) is 9.80 Å². The molecule has 164 valence electrons. The summed E-state index contributed by atoms with van der Waals surface area (Å²) in [6.07, 6.45) is 7.44. The van der Waals surface area contributed by atoms with Gasteiger partial charge in [0.15, 0.2) is 0 Å². The van der Waals surface area contributed by atoms with Crippen molar-refractivity contribution in [2.24, 2.45) is 21.8 Å². The number of benzene rings is 1. The number of hydrogen-bond acceptors (Lipinski definition) is 3. The van der Waals surface area contributed by atoms with E-state index in [-0.39, 0.29) is 34.6 Å². The molecule has 4 atom stereocenters. The van der Waals surface area contributed by atoms with Gasteiger partial charge in [0.2, 0.25) is 0 Å². The van der Waals surface area contributed by atoms with Crippen molar-refractivity contribution < 1.29 is 9.18 Å². The number of carbonyl (C=O) groups excluding carboxylic acids is 1. The molecule has 2 bridgehead atoms. The van der Waals surface area contributed by atoms with E-state index in [4.69, 9.17) is 5.10 Å². The van der Waals surface area contributed by atoms with Gasteiger partial charge in [-0.25, -0.2) is 4.39 Å². The molecular weight excluding hydrogens is 377 g/mol. The molecule has 0 aromatic heterocycles. The molecule has 1 N–H and O–H groups in total. The predicted octanol–water partition coefficient (Wildman–Crippen LogP) is 5.45. The molecule has 4 rings (SSSR count). The van der Waals surface area contributed by atoms with Gasteiger partial charge in [0.25, 0.3) is 5.91 Å². The number of amides is 1. The van der Waals surface area contributed by atoms with Crippen LogP contribution in [0, 0.1) is 22.6 Å². The largest absolute Gasteiger partial charge is 0.348 e. The van der Waals surface area contributed by atoms with Gasteiger partial charge in [-0.05, 0) is 60.1 Å². The fourth-order valence-electron chi connectivity index (χ4n) is 6.06. The second kappa shape index (κ2) is 7.97. The average molecular weight is 414 g/mol. The molecule has 2 aliphatic carbocycles. The van der Waals surface area contributed by atoms with Crippen molar-refractivity contribution in [2.75, 3.05) is 6.54 Å². The number of nitrogens with zero attached hydrogens (tertiary/aromatic N) is 2. The molecule has 30 heavy (non-hydrogen) atoms. The fraction of sp³-hybridized carbons (Fsp3) is 0.680. The van der Waals surface area contributed by atoms with Crippen molar-refractivity contribution in [1.82, 2.24) is 10.3 Å². The summed E-state index contributed by atoms with van der Waals surface area (Å²) in [5, 5.41) is 10.2. The van der Waals surface area contributed by atoms with Crippen LogP contribution in [0.1, 0.15) is 84.2 Å². The smallest absolute Gasteiger partial charge is 0.267 e. The SMILES string of the molecule is CCCCCN1N=C(C(=O)N[C@H]2C[C@H]3CC[C@]2(C)C3(C)C)CC1c1ccc(F)cc1. The lowest BCUT2D eigenvalue weighted by molar-refractivity contribution is -0.116. The second-order valence-electron chi connectivity index (χ2n) is 10.3. The topological polar surface area (TPSA) is 44.7 Å². The highest BCUT2D eigenvalue weighted by Crippen LogP contribution is 2.65. The third kappa shape index (κ3) is 3.54. The molecule has 1 aliphatic heterocycles. The molecule has 3 aliphatic rings. The molecule has 0 spiro atoms. The summed E-state index contributed by atoms with van der Waals surface area (Å²) in [7, 11) is 0. The van der Waals surface area contributed by atoms with Gasteiger partial charge in [-0.15, -0.1) is 0 Å². The first-order valence-electron chi connectivity index (χ1n) is 11.7. The van der Waals surface area contributed by atoms with Crippen LogP contribution in [0.3, 0.4) is 0 Å². The minimum atomic E-state index is -0.236. The lowest BCUT2D eigenvalue weighted by Crippen LogP contribution is -2.48. The Balaban J connectivity index is 1.48. The van der Waals surface area contributed by atoms with E-state index in [9.17, 15) is 9.18 Å². The van der Waals surface area contributed by atoms with Crippen LogP contribution >= 0.6 is 0 Å². The van der Waals surface area contributed by atoms with Crippen LogP contribution in [0.2, 0.25) is 0 Å². The van der Waals surface area contributed by atoms with Gasteiger partial charge in [0.1, 0.15) is 11.5 Å². The maximum absolute atomic E-state index is 13.4. The van der Waals surface area contributed by atoms with Crippen molar-refractivity contribution in [2.45, 2.75) is 84.7 Å². The van der Waals surface area contributed by atoms with E-state index in [0.717, 1.165) is 37.8 Å². The first kappa shape index (κ1) is 21.3. The van der Waals surface area contributed by atoms with Crippen LogP contribution in [0.5, 0.6) is 0 Å². The minimum Gasteiger partial charge on any atom is -0.348 e. The lowest BCUT2D eigenvalue weighted by Gasteiger charge is -2.39. The van der Waals surface area contributed by atoms with Crippen molar-refractivity contribution in [3.63, 3.8) is 0 Å². The van der Waals surface area contributed by atoms with Gasteiger partial charge in [0, 0.05) is 19.0 Å². The van der Waals surface area contributed by atoms with Crippen molar-refractivity contribution in [1.29, 1.82) is 0 Å². The maximum Gasteiger partial charge on any atom is 0.267 e. The molecule has 4 nitrogen and oxygen atoms in total. The first-order valence-corrected chi connectivity index (χ1v) is 11.7. The molecule has 1 unspecified atom stereocenters. The van der Waals surface area contributed by atoms with Crippen LogP contribution in [0.25, 0.3) is 0 Å². The van der Waals surface area contributed by atoms with Crippen molar-refractivity contribution in [3.05, 3.63) is 35.6 Å². The fourth-order valence-corrected chi connectivity index (χ4v) is 6.06. The molecule has 5 heteroatoms. The van der Waals surface area contributed by atoms with E-state index in [1.807, 2.05) is 17.1 Å². The summed E-state index contributed by atoms with van der Waals surface area (Å²) in [5.41, 5.74) is 2.06. The number of hydrogen-bond donors (Lipinski definition) is 1. The Hall–Kier alpha value is -1.91. The highest BCUT2D eigenvalue weighted by atomic mass is 19.1. The Bertz CT molecular complexity index is 818. The Kier molecular flexibility index (Phi) is 5.67. The van der Waals surface area contributed by atoms with E-state index in [0.29, 0.717) is 18.1 Å². The van der Waals surface area contributed by atoms with Crippen LogP contribution in [-0.2, 0) is 4.79 Å².